The number of nitrogens with one attached hydrogen (secondary N) is 1. The number of sulfonamides is 1. The first kappa shape index (κ1) is 50.0. The van der Waals surface area contributed by atoms with E-state index in [2.05, 4.69) is 96.8 Å². The lowest BCUT2D eigenvalue weighted by Gasteiger charge is -2.28. The molecule has 2 atom stereocenters. The molecular formula is C56H54BrN5O5S4. The highest BCUT2D eigenvalue weighted by atomic mass is 79.9. The van der Waals surface area contributed by atoms with Crippen LogP contribution in [0, 0.1) is 6.92 Å². The van der Waals surface area contributed by atoms with Gasteiger partial charge in [0.05, 0.1) is 29.5 Å². The van der Waals surface area contributed by atoms with Crippen molar-refractivity contribution in [3.8, 4) is 5.75 Å². The van der Waals surface area contributed by atoms with Crippen LogP contribution in [0.3, 0.4) is 0 Å². The van der Waals surface area contributed by atoms with E-state index in [1.807, 2.05) is 73.7 Å². The van der Waals surface area contributed by atoms with E-state index in [0.29, 0.717) is 27.1 Å². The van der Waals surface area contributed by atoms with Gasteiger partial charge in [-0.25, -0.2) is 31.1 Å². The van der Waals surface area contributed by atoms with E-state index in [9.17, 15) is 16.8 Å². The maximum absolute atomic E-state index is 13.7. The number of anilines is 2. The van der Waals surface area contributed by atoms with Crippen molar-refractivity contribution in [1.82, 2.24) is 15.3 Å². The summed E-state index contributed by atoms with van der Waals surface area (Å²) < 4.78 is 60.6. The van der Waals surface area contributed by atoms with E-state index in [0.717, 1.165) is 62.3 Å². The van der Waals surface area contributed by atoms with Gasteiger partial charge in [-0.15, -0.1) is 22.7 Å². The lowest BCUT2D eigenvalue weighted by Crippen LogP contribution is -2.30. The number of thiazole rings is 2. The minimum atomic E-state index is -3.82. The summed E-state index contributed by atoms with van der Waals surface area (Å²) in [6, 6.07) is 50.5. The number of rotatable bonds is 12. The first-order valence-electron chi connectivity index (χ1n) is 23.5. The highest BCUT2D eigenvalue weighted by Crippen LogP contribution is 2.40. The van der Waals surface area contributed by atoms with E-state index in [-0.39, 0.29) is 17.2 Å². The zero-order chi connectivity index (χ0) is 49.4. The van der Waals surface area contributed by atoms with Crippen LogP contribution in [0.15, 0.2) is 189 Å². The topological polar surface area (TPSA) is 122 Å². The number of hydrogen-bond donors (Lipinski definition) is 1. The molecule has 0 aliphatic carbocycles. The average molecular weight is 1090 g/mol. The van der Waals surface area contributed by atoms with Gasteiger partial charge < -0.3 is 15.0 Å². The van der Waals surface area contributed by atoms with Crippen LogP contribution in [-0.2, 0) is 32.2 Å². The van der Waals surface area contributed by atoms with E-state index in [4.69, 9.17) is 4.74 Å². The minimum Gasteiger partial charge on any atom is -0.497 e. The molecule has 0 radical (unpaired) electrons. The van der Waals surface area contributed by atoms with E-state index in [1.54, 1.807) is 54.5 Å². The Bertz CT molecular complexity index is 3430. The number of benzene rings is 7. The third-order valence-electron chi connectivity index (χ3n) is 12.9. The summed E-state index contributed by atoms with van der Waals surface area (Å²) >= 11 is 6.18. The Morgan fingerprint density at radius 2 is 1.41 bits per heavy atom. The number of halogens is 1. The van der Waals surface area contributed by atoms with Crippen molar-refractivity contribution in [1.29, 1.82) is 0 Å². The number of ether oxygens (including phenoxy) is 1. The maximum atomic E-state index is 13.7. The molecule has 2 aliphatic rings. The predicted molar refractivity (Wildman–Crippen MR) is 294 cm³/mol. The van der Waals surface area contributed by atoms with Gasteiger partial charge in [0, 0.05) is 51.3 Å². The van der Waals surface area contributed by atoms with Gasteiger partial charge in [-0.2, -0.15) is 0 Å². The fourth-order valence-electron chi connectivity index (χ4n) is 9.22. The second-order valence-electron chi connectivity index (χ2n) is 17.4. The first-order chi connectivity index (χ1) is 34.5. The molecular weight excluding hydrogens is 1030 g/mol. The number of aromatic nitrogens is 2. The van der Waals surface area contributed by atoms with Gasteiger partial charge in [-0.1, -0.05) is 119 Å². The Balaban J connectivity index is 0.000000145. The van der Waals surface area contributed by atoms with Gasteiger partial charge in [-0.3, -0.25) is 0 Å². The number of hydrogen-bond acceptors (Lipinski definition) is 11. The molecule has 4 heterocycles. The molecule has 11 rings (SSSR count). The van der Waals surface area contributed by atoms with Gasteiger partial charge in [0.25, 0.3) is 10.0 Å². The molecule has 71 heavy (non-hydrogen) atoms. The van der Waals surface area contributed by atoms with Gasteiger partial charge in [0.15, 0.2) is 15.0 Å². The Morgan fingerprint density at radius 1 is 0.718 bits per heavy atom. The van der Waals surface area contributed by atoms with Gasteiger partial charge in [0.1, 0.15) is 16.5 Å². The van der Waals surface area contributed by atoms with Gasteiger partial charge in [0.2, 0.25) is 0 Å². The number of nitrogens with zero attached hydrogens (tertiary/aromatic N) is 4. The highest BCUT2D eigenvalue weighted by molar-refractivity contribution is 9.10. The van der Waals surface area contributed by atoms with Crippen LogP contribution in [0.1, 0.15) is 65.0 Å². The summed E-state index contributed by atoms with van der Waals surface area (Å²) in [5.41, 5.74) is 5.77. The molecule has 0 spiro atoms. The number of fused-ring (bicyclic) bond motifs is 2. The Kier molecular flexibility index (Phi) is 16.0. The molecule has 2 fully saturated rings. The Morgan fingerprint density at radius 3 is 2.10 bits per heavy atom. The molecule has 364 valence electrons. The largest absolute Gasteiger partial charge is 0.497 e. The molecule has 2 aliphatic heterocycles. The zero-order valence-corrected chi connectivity index (χ0v) is 44.2. The molecule has 1 N–H and O–H groups in total. The second-order valence-corrected chi connectivity index (χ2v) is 24.0. The number of sulfone groups is 1. The lowest BCUT2D eigenvalue weighted by atomic mass is 10.0. The van der Waals surface area contributed by atoms with Crippen LogP contribution in [0.4, 0.5) is 10.8 Å². The van der Waals surface area contributed by atoms with Crippen LogP contribution in [-0.4, -0.2) is 47.0 Å². The van der Waals surface area contributed by atoms with E-state index >= 15 is 0 Å². The summed E-state index contributed by atoms with van der Waals surface area (Å²) in [5.74, 6) is 0.679. The second kappa shape index (κ2) is 22.6. The third kappa shape index (κ3) is 11.7. The van der Waals surface area contributed by atoms with Crippen LogP contribution in [0.25, 0.3) is 21.5 Å². The van der Waals surface area contributed by atoms with Crippen LogP contribution >= 0.6 is 38.6 Å². The Labute approximate surface area is 433 Å². The molecule has 9 aromatic rings. The first-order valence-corrected chi connectivity index (χ1v) is 29.1. The molecule has 7 aromatic carbocycles. The van der Waals surface area contributed by atoms with Crippen molar-refractivity contribution in [2.45, 2.75) is 66.8 Å². The quantitative estimate of drug-likeness (QED) is 0.127. The Hall–Kier alpha value is -5.94. The summed E-state index contributed by atoms with van der Waals surface area (Å²) in [7, 11) is -5.64. The summed E-state index contributed by atoms with van der Waals surface area (Å²) in [5, 5.41) is 12.0. The van der Waals surface area contributed by atoms with Crippen LogP contribution in [0.2, 0.25) is 0 Å². The SMILES string of the molecule is COc1ccc(CN(c2nccs2)S(=O)(=O)c2ccc3c(Br)cccc3c2)c(C)c1.O=S(=O)(Cc1nccs1)c1ccc2c(N3CCCC3c3ccccc3)cccc2c1.c1ccc(C2CCCN2)cc1. The lowest BCUT2D eigenvalue weighted by molar-refractivity contribution is 0.414. The predicted octanol–water partition coefficient (Wildman–Crippen LogP) is 13.5. The molecule has 0 bridgehead atoms. The maximum Gasteiger partial charge on any atom is 0.266 e. The molecule has 0 saturated carbocycles. The normalized spacial score (nSPS) is 15.7. The van der Waals surface area contributed by atoms with Crippen molar-refractivity contribution in [3.63, 3.8) is 0 Å². The van der Waals surface area contributed by atoms with Crippen LogP contribution < -0.4 is 19.3 Å². The van der Waals surface area contributed by atoms with Crippen LogP contribution in [0.5, 0.6) is 5.75 Å². The summed E-state index contributed by atoms with van der Waals surface area (Å²) in [4.78, 5) is 11.4. The zero-order valence-electron chi connectivity index (χ0n) is 39.4. The van der Waals surface area contributed by atoms with Gasteiger partial charge >= 0.3 is 0 Å². The number of aryl methyl sites for hydroxylation is 1. The standard InChI is InChI=1S/C24H22N2O2S2.C22H19BrN2O3S2.C10H13N/c27-30(28,17-24-25-13-15-29-24)20-11-12-21-19(16-20)8-4-9-23(21)26-14-5-10-22(26)18-6-2-1-3-7-18;1-15-12-18(28-2)7-6-17(15)14-25(22-24-10-11-29-22)30(26,27)19-8-9-20-16(13-19)4-3-5-21(20)23;1-2-5-9(6-3-1)10-7-4-8-11-10/h1-4,6-9,11-13,15-16,22H,5,10,14,17H2;3-13H,14H2,1-2H3;1-3,5-6,10-11H,4,7-8H2. The van der Waals surface area contributed by atoms with Gasteiger partial charge in [-0.05, 0) is 126 Å². The molecule has 2 unspecified atom stereocenters. The summed E-state index contributed by atoms with van der Waals surface area (Å²) in [6.45, 7) is 4.31. The van der Waals surface area contributed by atoms with Crippen molar-refractivity contribution < 1.29 is 21.6 Å². The smallest absolute Gasteiger partial charge is 0.266 e. The van der Waals surface area contributed by atoms with Crippen molar-refractivity contribution in [2.24, 2.45) is 0 Å². The monoisotopic (exact) mass is 1080 g/mol. The average Bonchev–Trinajstić information content (AvgIpc) is 4.27. The fourth-order valence-corrected chi connectivity index (χ4v) is 14.3. The molecule has 15 heteroatoms. The third-order valence-corrected chi connectivity index (χ3v) is 18.8. The molecule has 10 nitrogen and oxygen atoms in total. The van der Waals surface area contributed by atoms with E-state index in [1.165, 1.54) is 63.2 Å². The summed E-state index contributed by atoms with van der Waals surface area (Å²) in [6.07, 6.45) is 8.14. The van der Waals surface area contributed by atoms with Crippen molar-refractivity contribution >= 4 is 90.8 Å². The fraction of sp³-hybridized carbons (Fsp3) is 0.214. The number of methoxy groups -OCH3 is 1. The highest BCUT2D eigenvalue weighted by Gasteiger charge is 2.29. The van der Waals surface area contributed by atoms with E-state index < -0.39 is 19.9 Å². The minimum absolute atomic E-state index is 0.0575. The molecule has 2 saturated heterocycles. The molecule has 2 aromatic heterocycles. The van der Waals surface area contributed by atoms with Crippen molar-refractivity contribution in [2.75, 3.05) is 29.4 Å². The van der Waals surface area contributed by atoms with Crippen molar-refractivity contribution in [3.05, 3.63) is 207 Å². The molecule has 0 amide bonds.